The summed E-state index contributed by atoms with van der Waals surface area (Å²) >= 11 is 0. The Morgan fingerprint density at radius 2 is 1.82 bits per heavy atom. The molecule has 0 aliphatic heterocycles. The Kier molecular flexibility index (Phi) is 11.8. The number of methoxy groups -OCH3 is 1. The molecule has 39 heavy (non-hydrogen) atoms. The van der Waals surface area contributed by atoms with Crippen LogP contribution in [0.15, 0.2) is 42.5 Å². The van der Waals surface area contributed by atoms with Crippen molar-refractivity contribution in [3.05, 3.63) is 53.6 Å². The normalized spacial score (nSPS) is 11.2. The first-order valence-electron chi connectivity index (χ1n) is 13.8. The number of para-hydroxylation sites is 1. The summed E-state index contributed by atoms with van der Waals surface area (Å²) in [6.45, 7) is 8.47. The molecule has 0 saturated carbocycles. The summed E-state index contributed by atoms with van der Waals surface area (Å²) in [6, 6.07) is 14.8. The van der Waals surface area contributed by atoms with Gasteiger partial charge in [0.25, 0.3) is 0 Å². The predicted octanol–water partition coefficient (Wildman–Crippen LogP) is 4.48. The number of aromatic nitrogens is 3. The zero-order chi connectivity index (χ0) is 28.2. The number of nitrogens with two attached hydrogens (primary N) is 1. The van der Waals surface area contributed by atoms with E-state index in [4.69, 9.17) is 15.6 Å². The summed E-state index contributed by atoms with van der Waals surface area (Å²) in [6.07, 6.45) is 3.28. The van der Waals surface area contributed by atoms with Crippen LogP contribution in [-0.4, -0.2) is 72.0 Å². The highest BCUT2D eigenvalue weighted by atomic mass is 16.5. The first-order chi connectivity index (χ1) is 18.9. The van der Waals surface area contributed by atoms with E-state index in [1.165, 1.54) is 5.56 Å². The number of rotatable bonds is 13. The lowest BCUT2D eigenvalue weighted by atomic mass is 10.1. The Hall–Kier alpha value is -3.40. The maximum Gasteiger partial charge on any atom is 0.222 e. The molecule has 0 aliphatic rings. The number of aliphatic hydroxyl groups excluding tert-OH is 1. The van der Waals surface area contributed by atoms with Crippen LogP contribution in [0.2, 0.25) is 0 Å². The number of hydrogen-bond acceptors (Lipinski definition) is 8. The van der Waals surface area contributed by atoms with Crippen LogP contribution >= 0.6 is 0 Å². The fraction of sp³-hybridized carbons (Fsp3) is 0.467. The number of nitrogens with one attached hydrogen (secondary N) is 2. The molecule has 5 N–H and O–H groups in total. The van der Waals surface area contributed by atoms with E-state index in [2.05, 4.69) is 87.5 Å². The molecule has 2 aromatic heterocycles. The van der Waals surface area contributed by atoms with Gasteiger partial charge < -0.3 is 35.7 Å². The number of anilines is 2. The Morgan fingerprint density at radius 3 is 2.54 bits per heavy atom. The minimum atomic E-state index is 0.250. The van der Waals surface area contributed by atoms with E-state index in [1.54, 1.807) is 14.0 Å². The molecule has 4 aromatic rings. The molecule has 0 saturated heterocycles. The van der Waals surface area contributed by atoms with Gasteiger partial charge in [0.15, 0.2) is 5.82 Å². The van der Waals surface area contributed by atoms with Gasteiger partial charge in [0.05, 0.1) is 19.2 Å². The van der Waals surface area contributed by atoms with E-state index in [0.29, 0.717) is 6.54 Å². The summed E-state index contributed by atoms with van der Waals surface area (Å²) < 4.78 is 8.05. The second-order valence-electron chi connectivity index (χ2n) is 9.81. The number of nitrogen functional groups attached to an aromatic ring is 1. The SMILES string of the molecule is CCCCNc1nc(N)nc2c3ccccc3n(Cc3cc(CNCCCN(C)C)ccc3OC)c12.CCO. The van der Waals surface area contributed by atoms with Gasteiger partial charge in [-0.3, -0.25) is 0 Å². The van der Waals surface area contributed by atoms with Crippen LogP contribution in [-0.2, 0) is 13.1 Å². The van der Waals surface area contributed by atoms with E-state index >= 15 is 0 Å². The van der Waals surface area contributed by atoms with Crippen LogP contribution in [0.1, 0.15) is 44.2 Å². The number of benzene rings is 2. The molecule has 0 radical (unpaired) electrons. The van der Waals surface area contributed by atoms with Crippen molar-refractivity contribution in [1.29, 1.82) is 0 Å². The van der Waals surface area contributed by atoms with E-state index in [9.17, 15) is 0 Å². The Labute approximate surface area is 232 Å². The van der Waals surface area contributed by atoms with E-state index < -0.39 is 0 Å². The number of aliphatic hydroxyl groups is 1. The molecule has 0 unspecified atom stereocenters. The second kappa shape index (κ2) is 15.3. The minimum Gasteiger partial charge on any atom is -0.496 e. The number of ether oxygens (including phenoxy) is 1. The lowest BCUT2D eigenvalue weighted by molar-refractivity contribution is 0.318. The topological polar surface area (TPSA) is 113 Å². The number of unbranched alkanes of at least 4 members (excludes halogenated alkanes) is 1. The van der Waals surface area contributed by atoms with Gasteiger partial charge in [-0.05, 0) is 70.7 Å². The van der Waals surface area contributed by atoms with Gasteiger partial charge in [-0.15, -0.1) is 0 Å². The molecule has 0 amide bonds. The molecule has 2 aromatic carbocycles. The number of fused-ring (bicyclic) bond motifs is 3. The highest BCUT2D eigenvalue weighted by Crippen LogP contribution is 2.34. The molecule has 9 heteroatoms. The van der Waals surface area contributed by atoms with Gasteiger partial charge >= 0.3 is 0 Å². The van der Waals surface area contributed by atoms with Gasteiger partial charge in [-0.1, -0.05) is 37.6 Å². The highest BCUT2D eigenvalue weighted by molar-refractivity contribution is 6.09. The van der Waals surface area contributed by atoms with Crippen LogP contribution in [0.5, 0.6) is 5.75 Å². The summed E-state index contributed by atoms with van der Waals surface area (Å²) in [5.74, 6) is 1.93. The Morgan fingerprint density at radius 1 is 1.05 bits per heavy atom. The molecule has 9 nitrogen and oxygen atoms in total. The second-order valence-corrected chi connectivity index (χ2v) is 9.81. The van der Waals surface area contributed by atoms with Gasteiger partial charge in [0.2, 0.25) is 5.95 Å². The van der Waals surface area contributed by atoms with E-state index in [0.717, 1.165) is 84.5 Å². The van der Waals surface area contributed by atoms with Crippen molar-refractivity contribution in [3.63, 3.8) is 0 Å². The zero-order valence-corrected chi connectivity index (χ0v) is 24.1. The van der Waals surface area contributed by atoms with Gasteiger partial charge in [0, 0.05) is 30.6 Å². The molecular formula is C30H45N7O2. The third-order valence-corrected chi connectivity index (χ3v) is 6.41. The van der Waals surface area contributed by atoms with Crippen LogP contribution in [0, 0.1) is 0 Å². The standard InChI is InChI=1S/C28H39N7O.C2H6O/c1-5-6-15-31-27-26-25(32-28(29)33-27)22-10-7-8-11-23(22)35(26)19-21-17-20(12-13-24(21)36-4)18-30-14-9-16-34(2)3;1-2-3/h7-8,10-13,17,30H,5-6,9,14-16,18-19H2,1-4H3,(H3,29,31,32,33);3H,2H2,1H3. The summed E-state index contributed by atoms with van der Waals surface area (Å²) in [7, 11) is 5.94. The molecular weight excluding hydrogens is 490 g/mol. The van der Waals surface area contributed by atoms with Crippen molar-refractivity contribution in [2.24, 2.45) is 0 Å². The van der Waals surface area contributed by atoms with Crippen LogP contribution < -0.4 is 21.1 Å². The number of nitrogens with zero attached hydrogens (tertiary/aromatic N) is 4. The predicted molar refractivity (Wildman–Crippen MR) is 163 cm³/mol. The largest absolute Gasteiger partial charge is 0.496 e. The van der Waals surface area contributed by atoms with Crippen molar-refractivity contribution < 1.29 is 9.84 Å². The molecule has 4 rings (SSSR count). The van der Waals surface area contributed by atoms with Gasteiger partial charge in [0.1, 0.15) is 16.8 Å². The molecule has 0 aliphatic carbocycles. The average molecular weight is 536 g/mol. The highest BCUT2D eigenvalue weighted by Gasteiger charge is 2.19. The average Bonchev–Trinajstić information content (AvgIpc) is 3.22. The molecule has 0 spiro atoms. The van der Waals surface area contributed by atoms with E-state index in [1.807, 2.05) is 6.07 Å². The Bertz CT molecular complexity index is 1320. The van der Waals surface area contributed by atoms with E-state index in [-0.39, 0.29) is 12.6 Å². The zero-order valence-electron chi connectivity index (χ0n) is 24.1. The lowest BCUT2D eigenvalue weighted by Gasteiger charge is -2.15. The maximum absolute atomic E-state index is 7.57. The third-order valence-electron chi connectivity index (χ3n) is 6.41. The first kappa shape index (κ1) is 30.1. The summed E-state index contributed by atoms with van der Waals surface area (Å²) in [5.41, 5.74) is 11.4. The number of hydrogen-bond donors (Lipinski definition) is 4. The molecule has 2 heterocycles. The fourth-order valence-electron chi connectivity index (χ4n) is 4.61. The molecule has 212 valence electrons. The van der Waals surface area contributed by atoms with Crippen molar-refractivity contribution in [3.8, 4) is 5.75 Å². The molecule has 0 fully saturated rings. The minimum absolute atomic E-state index is 0.250. The molecule has 0 atom stereocenters. The third kappa shape index (κ3) is 8.05. The Balaban J connectivity index is 0.00000134. The van der Waals surface area contributed by atoms with Gasteiger partial charge in [-0.2, -0.15) is 4.98 Å². The fourth-order valence-corrected chi connectivity index (χ4v) is 4.61. The lowest BCUT2D eigenvalue weighted by Crippen LogP contribution is -2.21. The quantitative estimate of drug-likeness (QED) is 0.185. The van der Waals surface area contributed by atoms with Crippen LogP contribution in [0.4, 0.5) is 11.8 Å². The van der Waals surface area contributed by atoms with Crippen molar-refractivity contribution in [2.45, 2.75) is 46.2 Å². The van der Waals surface area contributed by atoms with Crippen LogP contribution in [0.25, 0.3) is 21.9 Å². The first-order valence-corrected chi connectivity index (χ1v) is 13.8. The smallest absolute Gasteiger partial charge is 0.222 e. The maximum atomic E-state index is 7.57. The monoisotopic (exact) mass is 535 g/mol. The van der Waals surface area contributed by atoms with Crippen molar-refractivity contribution >= 4 is 33.7 Å². The summed E-state index contributed by atoms with van der Waals surface area (Å²) in [4.78, 5) is 11.4. The van der Waals surface area contributed by atoms with Crippen molar-refractivity contribution in [2.75, 3.05) is 58.5 Å². The molecule has 0 bridgehead atoms. The van der Waals surface area contributed by atoms with Crippen molar-refractivity contribution in [1.82, 2.24) is 24.8 Å². The summed E-state index contributed by atoms with van der Waals surface area (Å²) in [5, 5.41) is 15.7. The van der Waals surface area contributed by atoms with Gasteiger partial charge in [-0.25, -0.2) is 4.98 Å². The van der Waals surface area contributed by atoms with Crippen LogP contribution in [0.3, 0.4) is 0 Å².